The minimum atomic E-state index is -4.64. The number of aromatic nitrogens is 1. The Kier molecular flexibility index (Phi) is 3.96. The molecule has 9 nitrogen and oxygen atoms in total. The van der Waals surface area contributed by atoms with E-state index < -0.39 is 19.5 Å². The standard InChI is InChI=1S/C10H9N2O7P/c13-12(14)8-3-4-9(18-6-19-20(15,16)17)10-7(8)2-1-5-11-10/h1-5H,6H2,(H2,15,16,17). The summed E-state index contributed by atoms with van der Waals surface area (Å²) < 4.78 is 19.7. The van der Waals surface area contributed by atoms with Gasteiger partial charge in [-0.15, -0.1) is 0 Å². The number of non-ortho nitro benzene ring substituents is 1. The van der Waals surface area contributed by atoms with Crippen molar-refractivity contribution in [3.63, 3.8) is 0 Å². The van der Waals surface area contributed by atoms with Crippen molar-refractivity contribution in [3.05, 3.63) is 40.6 Å². The van der Waals surface area contributed by atoms with Crippen LogP contribution in [0.4, 0.5) is 5.69 Å². The topological polar surface area (TPSA) is 132 Å². The van der Waals surface area contributed by atoms with E-state index in [0.29, 0.717) is 0 Å². The van der Waals surface area contributed by atoms with Gasteiger partial charge in [0.05, 0.1) is 10.3 Å². The zero-order valence-corrected chi connectivity index (χ0v) is 10.8. The van der Waals surface area contributed by atoms with Gasteiger partial charge in [0, 0.05) is 12.3 Å². The number of nitro benzene ring substituents is 1. The van der Waals surface area contributed by atoms with Gasteiger partial charge in [-0.25, -0.2) is 9.09 Å². The Bertz CT molecular complexity index is 699. The Hall–Kier alpha value is -2.06. The Labute approximate surface area is 112 Å². The van der Waals surface area contributed by atoms with Gasteiger partial charge in [-0.3, -0.25) is 15.1 Å². The lowest BCUT2D eigenvalue weighted by atomic mass is 10.1. The molecule has 0 aliphatic rings. The van der Waals surface area contributed by atoms with Crippen LogP contribution in [0, 0.1) is 10.1 Å². The lowest BCUT2D eigenvalue weighted by Crippen LogP contribution is -2.02. The maximum absolute atomic E-state index is 10.9. The van der Waals surface area contributed by atoms with Gasteiger partial charge in [0.15, 0.2) is 6.79 Å². The summed E-state index contributed by atoms with van der Waals surface area (Å²) in [5, 5.41) is 11.1. The van der Waals surface area contributed by atoms with Gasteiger partial charge in [-0.1, -0.05) is 0 Å². The van der Waals surface area contributed by atoms with Gasteiger partial charge < -0.3 is 14.5 Å². The van der Waals surface area contributed by atoms with Crippen molar-refractivity contribution in [3.8, 4) is 5.75 Å². The number of hydrogen-bond acceptors (Lipinski definition) is 6. The van der Waals surface area contributed by atoms with E-state index in [2.05, 4.69) is 9.51 Å². The number of phosphoric acid groups is 1. The summed E-state index contributed by atoms with van der Waals surface area (Å²) in [5.74, 6) is 0.125. The number of nitro groups is 1. The van der Waals surface area contributed by atoms with Crippen LogP contribution in [-0.4, -0.2) is 26.5 Å². The quantitative estimate of drug-likeness (QED) is 0.368. The number of benzene rings is 1. The Morgan fingerprint density at radius 2 is 2.10 bits per heavy atom. The highest BCUT2D eigenvalue weighted by atomic mass is 31.2. The fraction of sp³-hybridized carbons (Fsp3) is 0.100. The van der Waals surface area contributed by atoms with Crippen LogP contribution >= 0.6 is 7.82 Å². The van der Waals surface area contributed by atoms with E-state index in [0.717, 1.165) is 0 Å². The minimum Gasteiger partial charge on any atom is -0.465 e. The van der Waals surface area contributed by atoms with Crippen LogP contribution < -0.4 is 4.74 Å². The van der Waals surface area contributed by atoms with Crippen LogP contribution in [0.3, 0.4) is 0 Å². The van der Waals surface area contributed by atoms with E-state index in [9.17, 15) is 14.7 Å². The molecule has 1 aromatic heterocycles. The van der Waals surface area contributed by atoms with E-state index in [1.807, 2.05) is 0 Å². The highest BCUT2D eigenvalue weighted by Gasteiger charge is 2.17. The first-order chi connectivity index (χ1) is 9.38. The van der Waals surface area contributed by atoms with Gasteiger partial charge in [0.1, 0.15) is 11.3 Å². The van der Waals surface area contributed by atoms with Crippen molar-refractivity contribution >= 4 is 24.4 Å². The molecule has 0 spiro atoms. The minimum absolute atomic E-state index is 0.125. The highest BCUT2D eigenvalue weighted by molar-refractivity contribution is 7.46. The summed E-state index contributed by atoms with van der Waals surface area (Å²) in [6.07, 6.45) is 1.42. The first kappa shape index (κ1) is 14.4. The molecule has 0 saturated heterocycles. The molecule has 20 heavy (non-hydrogen) atoms. The van der Waals surface area contributed by atoms with Gasteiger partial charge in [-0.2, -0.15) is 0 Å². The normalized spacial score (nSPS) is 11.5. The summed E-state index contributed by atoms with van der Waals surface area (Å²) in [6, 6.07) is 5.54. The molecule has 0 saturated carbocycles. The lowest BCUT2D eigenvalue weighted by molar-refractivity contribution is -0.383. The van der Waals surface area contributed by atoms with Crippen molar-refractivity contribution in [1.82, 2.24) is 4.98 Å². The smallest absolute Gasteiger partial charge is 0.465 e. The third-order valence-corrected chi connectivity index (χ3v) is 2.78. The maximum Gasteiger partial charge on any atom is 0.472 e. The number of hydrogen-bond donors (Lipinski definition) is 2. The molecule has 1 aromatic carbocycles. The average Bonchev–Trinajstić information content (AvgIpc) is 2.37. The number of rotatable bonds is 5. The third-order valence-electron chi connectivity index (χ3n) is 2.34. The van der Waals surface area contributed by atoms with Crippen molar-refractivity contribution in [2.75, 3.05) is 6.79 Å². The Morgan fingerprint density at radius 1 is 1.35 bits per heavy atom. The second-order valence-electron chi connectivity index (χ2n) is 3.62. The molecule has 0 aliphatic carbocycles. The predicted molar refractivity (Wildman–Crippen MR) is 67.0 cm³/mol. The average molecular weight is 300 g/mol. The Morgan fingerprint density at radius 3 is 2.75 bits per heavy atom. The summed E-state index contributed by atoms with van der Waals surface area (Å²) in [4.78, 5) is 31.3. The predicted octanol–water partition coefficient (Wildman–Crippen LogP) is 1.59. The molecule has 1 heterocycles. The number of ether oxygens (including phenoxy) is 1. The van der Waals surface area contributed by atoms with Gasteiger partial charge in [0.2, 0.25) is 0 Å². The summed E-state index contributed by atoms with van der Waals surface area (Å²) >= 11 is 0. The number of fused-ring (bicyclic) bond motifs is 1. The summed E-state index contributed by atoms with van der Waals surface area (Å²) in [7, 11) is -4.64. The zero-order chi connectivity index (χ0) is 14.8. The fourth-order valence-electron chi connectivity index (χ4n) is 1.57. The van der Waals surface area contributed by atoms with E-state index in [-0.39, 0.29) is 22.3 Å². The second kappa shape index (κ2) is 5.51. The fourth-order valence-corrected chi connectivity index (χ4v) is 1.76. The van der Waals surface area contributed by atoms with Crippen LogP contribution in [0.1, 0.15) is 0 Å². The van der Waals surface area contributed by atoms with E-state index >= 15 is 0 Å². The molecule has 10 heteroatoms. The van der Waals surface area contributed by atoms with Crippen molar-refractivity contribution in [2.24, 2.45) is 0 Å². The lowest BCUT2D eigenvalue weighted by Gasteiger charge is -2.09. The van der Waals surface area contributed by atoms with Crippen LogP contribution in [-0.2, 0) is 9.09 Å². The molecule has 0 unspecified atom stereocenters. The monoisotopic (exact) mass is 300 g/mol. The molecule has 0 aliphatic heterocycles. The van der Waals surface area contributed by atoms with E-state index in [4.69, 9.17) is 14.5 Å². The number of pyridine rings is 1. The second-order valence-corrected chi connectivity index (χ2v) is 4.86. The van der Waals surface area contributed by atoms with Crippen LogP contribution in [0.2, 0.25) is 0 Å². The van der Waals surface area contributed by atoms with Crippen molar-refractivity contribution < 1.29 is 28.5 Å². The molecule has 0 atom stereocenters. The van der Waals surface area contributed by atoms with Crippen LogP contribution in [0.5, 0.6) is 5.75 Å². The number of phosphoric ester groups is 1. The molecule has 0 amide bonds. The Balaban J connectivity index is 2.34. The van der Waals surface area contributed by atoms with Crippen molar-refractivity contribution in [1.29, 1.82) is 0 Å². The highest BCUT2D eigenvalue weighted by Crippen LogP contribution is 2.36. The molecule has 2 rings (SSSR count). The maximum atomic E-state index is 10.9. The molecule has 0 radical (unpaired) electrons. The molecule has 106 valence electrons. The van der Waals surface area contributed by atoms with Gasteiger partial charge in [0.25, 0.3) is 5.69 Å². The van der Waals surface area contributed by atoms with Gasteiger partial charge >= 0.3 is 7.82 Å². The largest absolute Gasteiger partial charge is 0.472 e. The number of nitrogens with zero attached hydrogens (tertiary/aromatic N) is 2. The molecule has 0 fully saturated rings. The first-order valence-corrected chi connectivity index (χ1v) is 6.76. The molecule has 0 bridgehead atoms. The first-order valence-electron chi connectivity index (χ1n) is 5.23. The van der Waals surface area contributed by atoms with Gasteiger partial charge in [-0.05, 0) is 18.2 Å². The molecule has 2 aromatic rings. The van der Waals surface area contributed by atoms with E-state index in [1.165, 1.54) is 30.5 Å². The van der Waals surface area contributed by atoms with E-state index in [1.54, 1.807) is 0 Å². The molecular weight excluding hydrogens is 291 g/mol. The van der Waals surface area contributed by atoms with Crippen LogP contribution in [0.25, 0.3) is 10.9 Å². The summed E-state index contributed by atoms with van der Waals surface area (Å²) in [6.45, 7) is -0.701. The zero-order valence-electron chi connectivity index (χ0n) is 9.87. The van der Waals surface area contributed by atoms with Crippen molar-refractivity contribution in [2.45, 2.75) is 0 Å². The SMILES string of the molecule is O=[N+]([O-])c1ccc(OCOP(=O)(O)O)c2ncccc12. The summed E-state index contributed by atoms with van der Waals surface area (Å²) in [5.41, 5.74) is 0.0624. The van der Waals surface area contributed by atoms with Crippen LogP contribution in [0.15, 0.2) is 30.5 Å². The third kappa shape index (κ3) is 3.28. The molecular formula is C10H9N2O7P. The molecule has 2 N–H and O–H groups in total.